The number of hydrogen-bond acceptors (Lipinski definition) is 5. The maximum absolute atomic E-state index is 13.4. The number of allylic oxidation sites excluding steroid dienone is 8. The molecule has 53 heavy (non-hydrogen) atoms. The van der Waals surface area contributed by atoms with Crippen molar-refractivity contribution < 1.29 is 19.1 Å². The van der Waals surface area contributed by atoms with Gasteiger partial charge in [0.1, 0.15) is 6.04 Å². The Bertz CT molecular complexity index is 1030. The summed E-state index contributed by atoms with van der Waals surface area (Å²) in [5, 5.41) is 3.07. The maximum Gasteiger partial charge on any atom is 0.328 e. The second-order valence-corrected chi connectivity index (χ2v) is 15.3. The van der Waals surface area contributed by atoms with Gasteiger partial charge in [-0.2, -0.15) is 0 Å². The quantitative estimate of drug-likeness (QED) is 0.0404. The second-order valence-electron chi connectivity index (χ2n) is 15.3. The van der Waals surface area contributed by atoms with E-state index in [1.54, 1.807) is 4.90 Å². The molecule has 1 heterocycles. The van der Waals surface area contributed by atoms with Crippen molar-refractivity contribution in [1.29, 1.82) is 0 Å². The third kappa shape index (κ3) is 28.4. The van der Waals surface area contributed by atoms with Crippen LogP contribution in [-0.4, -0.2) is 73.5 Å². The highest BCUT2D eigenvalue weighted by Gasteiger charge is 2.40. The summed E-state index contributed by atoms with van der Waals surface area (Å²) < 4.78 is 5.71. The molecule has 1 N–H and O–H groups in total. The van der Waals surface area contributed by atoms with E-state index in [0.29, 0.717) is 39.0 Å². The number of likely N-dealkylation sites (tertiary alicyclic amines) is 1. The predicted octanol–water partition coefficient (Wildman–Crippen LogP) is 11.2. The van der Waals surface area contributed by atoms with Crippen LogP contribution in [0.1, 0.15) is 181 Å². The van der Waals surface area contributed by atoms with Crippen molar-refractivity contribution in [2.75, 3.05) is 33.8 Å². The van der Waals surface area contributed by atoms with Crippen LogP contribution in [-0.2, 0) is 19.1 Å². The van der Waals surface area contributed by atoms with Crippen LogP contribution in [0.2, 0.25) is 0 Å². The predicted molar refractivity (Wildman–Crippen MR) is 225 cm³/mol. The molecule has 1 fully saturated rings. The van der Waals surface area contributed by atoms with Gasteiger partial charge in [-0.25, -0.2) is 4.79 Å². The Morgan fingerprint density at radius 3 is 1.60 bits per heavy atom. The number of esters is 1. The Kier molecular flexibility index (Phi) is 32.0. The number of amides is 2. The fourth-order valence-corrected chi connectivity index (χ4v) is 6.66. The summed E-state index contributed by atoms with van der Waals surface area (Å²) in [6.07, 6.45) is 46.0. The van der Waals surface area contributed by atoms with E-state index in [0.717, 1.165) is 64.2 Å². The molecule has 1 rings (SSSR count). The molecule has 2 amide bonds. The molecule has 0 radical (unpaired) electrons. The summed E-state index contributed by atoms with van der Waals surface area (Å²) in [6, 6.07) is -0.846. The van der Waals surface area contributed by atoms with E-state index in [-0.39, 0.29) is 23.8 Å². The van der Waals surface area contributed by atoms with Crippen molar-refractivity contribution in [1.82, 2.24) is 15.1 Å². The van der Waals surface area contributed by atoms with Gasteiger partial charge in [0.15, 0.2) is 0 Å². The van der Waals surface area contributed by atoms with Crippen molar-refractivity contribution >= 4 is 17.8 Å². The third-order valence-electron chi connectivity index (χ3n) is 9.98. The molecule has 1 aliphatic rings. The van der Waals surface area contributed by atoms with Crippen LogP contribution in [0, 0.1) is 0 Å². The van der Waals surface area contributed by atoms with E-state index in [1.165, 1.54) is 83.5 Å². The van der Waals surface area contributed by atoms with Crippen molar-refractivity contribution in [3.05, 3.63) is 48.6 Å². The third-order valence-corrected chi connectivity index (χ3v) is 9.98. The smallest absolute Gasteiger partial charge is 0.328 e. The number of carbonyl (C=O) groups excluding carboxylic acids is 3. The minimum atomic E-state index is -0.621. The van der Waals surface area contributed by atoms with E-state index in [4.69, 9.17) is 4.74 Å². The van der Waals surface area contributed by atoms with Gasteiger partial charge in [0.25, 0.3) is 0 Å². The normalized spacial score (nSPS) is 16.4. The Balaban J connectivity index is 2.33. The first-order valence-corrected chi connectivity index (χ1v) is 21.9. The Labute approximate surface area is 326 Å². The number of unbranched alkanes of at least 4 members (excludes halogenated alkanes) is 17. The Hall–Kier alpha value is -2.67. The van der Waals surface area contributed by atoms with Crippen LogP contribution in [0.5, 0.6) is 0 Å². The van der Waals surface area contributed by atoms with Gasteiger partial charge in [-0.15, -0.1) is 0 Å². The standard InChI is InChI=1S/C46H81N3O4/c1-5-7-9-11-13-15-17-19-21-23-25-27-29-31-33-35-39-53-46(52)43-40-42(47-44(50)37-38-48(3)4)41-49(43)45(51)36-34-32-30-28-26-24-22-20-18-16-14-12-10-8-6-2/h13-16,19-22,42-43H,5-12,17-18,23-41H2,1-4H3,(H,47,50)/b15-13-,16-14-,21-19-,22-20-. The Morgan fingerprint density at radius 2 is 1.09 bits per heavy atom. The molecule has 0 bridgehead atoms. The molecule has 0 spiro atoms. The minimum absolute atomic E-state index is 0.00334. The van der Waals surface area contributed by atoms with E-state index in [9.17, 15) is 14.4 Å². The first-order valence-electron chi connectivity index (χ1n) is 21.9. The largest absolute Gasteiger partial charge is 0.464 e. The molecular formula is C46H81N3O4. The first kappa shape index (κ1) is 48.3. The first-order chi connectivity index (χ1) is 25.9. The van der Waals surface area contributed by atoms with Crippen molar-refractivity contribution in [3.8, 4) is 0 Å². The number of nitrogens with one attached hydrogen (secondary N) is 1. The maximum atomic E-state index is 13.4. The van der Waals surface area contributed by atoms with Crippen molar-refractivity contribution in [3.63, 3.8) is 0 Å². The highest BCUT2D eigenvalue weighted by molar-refractivity contribution is 5.86. The highest BCUT2D eigenvalue weighted by atomic mass is 16.5. The summed E-state index contributed by atoms with van der Waals surface area (Å²) in [5.41, 5.74) is 0. The van der Waals surface area contributed by atoms with Gasteiger partial charge < -0.3 is 19.9 Å². The summed E-state index contributed by atoms with van der Waals surface area (Å²) in [5.74, 6) is -0.373. The molecule has 0 aromatic heterocycles. The van der Waals surface area contributed by atoms with Gasteiger partial charge >= 0.3 is 5.97 Å². The molecule has 0 saturated carbocycles. The van der Waals surface area contributed by atoms with Crippen LogP contribution in [0.25, 0.3) is 0 Å². The lowest BCUT2D eigenvalue weighted by molar-refractivity contribution is -0.153. The van der Waals surface area contributed by atoms with E-state index < -0.39 is 6.04 Å². The zero-order valence-corrected chi connectivity index (χ0v) is 34.8. The number of ether oxygens (including phenoxy) is 1. The molecule has 0 aromatic rings. The van der Waals surface area contributed by atoms with E-state index in [2.05, 4.69) is 67.8 Å². The zero-order valence-electron chi connectivity index (χ0n) is 34.8. The van der Waals surface area contributed by atoms with Gasteiger partial charge in [0.05, 0.1) is 6.61 Å². The molecule has 0 aromatic carbocycles. The van der Waals surface area contributed by atoms with Crippen LogP contribution in [0.4, 0.5) is 0 Å². The van der Waals surface area contributed by atoms with Crippen LogP contribution in [0.15, 0.2) is 48.6 Å². The molecule has 7 nitrogen and oxygen atoms in total. The lowest BCUT2D eigenvalue weighted by Gasteiger charge is -2.23. The zero-order chi connectivity index (χ0) is 38.6. The summed E-state index contributed by atoms with van der Waals surface area (Å²) in [6.45, 7) is 5.90. The van der Waals surface area contributed by atoms with Gasteiger partial charge in [0, 0.05) is 38.4 Å². The van der Waals surface area contributed by atoms with Gasteiger partial charge in [-0.3, -0.25) is 9.59 Å². The second kappa shape index (κ2) is 35.1. The molecule has 1 saturated heterocycles. The van der Waals surface area contributed by atoms with Crippen LogP contribution in [0.3, 0.4) is 0 Å². The van der Waals surface area contributed by atoms with Crippen molar-refractivity contribution in [2.45, 2.75) is 193 Å². The van der Waals surface area contributed by atoms with Crippen LogP contribution >= 0.6 is 0 Å². The number of hydrogen-bond donors (Lipinski definition) is 1. The number of carbonyl (C=O) groups is 3. The molecule has 2 unspecified atom stereocenters. The number of rotatable bonds is 34. The summed E-state index contributed by atoms with van der Waals surface area (Å²) in [4.78, 5) is 42.8. The number of nitrogens with zero attached hydrogens (tertiary/aromatic N) is 2. The molecule has 2 atom stereocenters. The molecule has 1 aliphatic heterocycles. The topological polar surface area (TPSA) is 79.0 Å². The molecule has 304 valence electrons. The van der Waals surface area contributed by atoms with Gasteiger partial charge in [-0.1, -0.05) is 133 Å². The fourth-order valence-electron chi connectivity index (χ4n) is 6.66. The van der Waals surface area contributed by atoms with E-state index in [1.807, 2.05) is 19.0 Å². The average molecular weight is 740 g/mol. The summed E-state index contributed by atoms with van der Waals surface area (Å²) >= 11 is 0. The SMILES string of the molecule is CCCCC/C=C\C/C=C\CCCCCCCCOC(=O)C1CC(NC(=O)CCN(C)C)CN1C(=O)CCCCCCC/C=C\C/C=C\CCCCC. The molecular weight excluding hydrogens is 659 g/mol. The lowest BCUT2D eigenvalue weighted by atomic mass is 10.1. The highest BCUT2D eigenvalue weighted by Crippen LogP contribution is 2.22. The van der Waals surface area contributed by atoms with Crippen molar-refractivity contribution in [2.24, 2.45) is 0 Å². The monoisotopic (exact) mass is 740 g/mol. The average Bonchev–Trinajstić information content (AvgIpc) is 3.57. The Morgan fingerprint density at radius 1 is 0.623 bits per heavy atom. The van der Waals surface area contributed by atoms with Crippen LogP contribution < -0.4 is 5.32 Å². The lowest BCUT2D eigenvalue weighted by Crippen LogP contribution is -2.42. The van der Waals surface area contributed by atoms with Gasteiger partial charge in [0.2, 0.25) is 11.8 Å². The summed E-state index contributed by atoms with van der Waals surface area (Å²) in [7, 11) is 3.88. The van der Waals surface area contributed by atoms with E-state index >= 15 is 0 Å². The molecule has 0 aliphatic carbocycles. The van der Waals surface area contributed by atoms with Gasteiger partial charge in [-0.05, 0) is 91.1 Å². The fraction of sp³-hybridized carbons (Fsp3) is 0.761. The molecule has 7 heteroatoms. The minimum Gasteiger partial charge on any atom is -0.464 e.